The minimum atomic E-state index is -1.08. The Bertz CT molecular complexity index is 596. The lowest BCUT2D eigenvalue weighted by atomic mass is 9.97. The standard InChI is InChI=1S/C15H13F3O/c1-9-2-3-12(17)8-13(9)15(19)7-10-6-11(16)4-5-14(10)18/h2-6,8,15,19H,7H2,1H3. The predicted molar refractivity (Wildman–Crippen MR) is 66.2 cm³/mol. The molecule has 0 amide bonds. The van der Waals surface area contributed by atoms with Gasteiger partial charge >= 0.3 is 0 Å². The van der Waals surface area contributed by atoms with Crippen LogP contribution in [0.3, 0.4) is 0 Å². The van der Waals surface area contributed by atoms with Crippen molar-refractivity contribution >= 4 is 0 Å². The molecule has 0 radical (unpaired) electrons. The van der Waals surface area contributed by atoms with Gasteiger partial charge in [-0.25, -0.2) is 13.2 Å². The zero-order valence-corrected chi connectivity index (χ0v) is 10.3. The van der Waals surface area contributed by atoms with Crippen molar-refractivity contribution in [1.29, 1.82) is 0 Å². The second kappa shape index (κ2) is 5.45. The van der Waals surface area contributed by atoms with Gasteiger partial charge in [0.2, 0.25) is 0 Å². The summed E-state index contributed by atoms with van der Waals surface area (Å²) in [6.45, 7) is 1.72. The van der Waals surface area contributed by atoms with Gasteiger partial charge in [-0.1, -0.05) is 6.07 Å². The van der Waals surface area contributed by atoms with E-state index in [-0.39, 0.29) is 12.0 Å². The van der Waals surface area contributed by atoms with Crippen LogP contribution >= 0.6 is 0 Å². The summed E-state index contributed by atoms with van der Waals surface area (Å²) in [7, 11) is 0. The van der Waals surface area contributed by atoms with Crippen LogP contribution in [0.25, 0.3) is 0 Å². The Labute approximate surface area is 109 Å². The lowest BCUT2D eigenvalue weighted by molar-refractivity contribution is 0.176. The fourth-order valence-electron chi connectivity index (χ4n) is 1.99. The molecule has 0 aliphatic heterocycles. The molecule has 2 aromatic rings. The van der Waals surface area contributed by atoms with Crippen LogP contribution in [-0.2, 0) is 6.42 Å². The molecule has 0 spiro atoms. The molecular weight excluding hydrogens is 253 g/mol. The molecule has 0 aromatic heterocycles. The van der Waals surface area contributed by atoms with Gasteiger partial charge in [-0.3, -0.25) is 0 Å². The van der Waals surface area contributed by atoms with Crippen molar-refractivity contribution in [3.8, 4) is 0 Å². The van der Waals surface area contributed by atoms with E-state index in [0.717, 1.165) is 18.2 Å². The number of aliphatic hydroxyl groups is 1. The SMILES string of the molecule is Cc1ccc(F)cc1C(O)Cc1cc(F)ccc1F. The number of aliphatic hydroxyl groups excluding tert-OH is 1. The largest absolute Gasteiger partial charge is 0.388 e. The maximum atomic E-state index is 13.5. The summed E-state index contributed by atoms with van der Waals surface area (Å²) in [5.74, 6) is -1.63. The molecule has 1 N–H and O–H groups in total. The first-order valence-corrected chi connectivity index (χ1v) is 5.85. The van der Waals surface area contributed by atoms with Crippen molar-refractivity contribution in [3.63, 3.8) is 0 Å². The zero-order chi connectivity index (χ0) is 14.0. The Hall–Kier alpha value is -1.81. The molecule has 0 saturated carbocycles. The van der Waals surface area contributed by atoms with E-state index in [9.17, 15) is 18.3 Å². The smallest absolute Gasteiger partial charge is 0.126 e. The third kappa shape index (κ3) is 3.15. The Balaban J connectivity index is 2.27. The zero-order valence-electron chi connectivity index (χ0n) is 10.3. The number of benzene rings is 2. The van der Waals surface area contributed by atoms with Gasteiger partial charge in [0, 0.05) is 6.42 Å². The van der Waals surface area contributed by atoms with E-state index in [2.05, 4.69) is 0 Å². The van der Waals surface area contributed by atoms with E-state index < -0.39 is 23.6 Å². The fraction of sp³-hybridized carbons (Fsp3) is 0.200. The van der Waals surface area contributed by atoms with Crippen LogP contribution in [0.5, 0.6) is 0 Å². The highest BCUT2D eigenvalue weighted by Crippen LogP contribution is 2.24. The van der Waals surface area contributed by atoms with Crippen molar-refractivity contribution in [2.24, 2.45) is 0 Å². The average Bonchev–Trinajstić information content (AvgIpc) is 2.36. The predicted octanol–water partition coefficient (Wildman–Crippen LogP) is 3.69. The normalized spacial score (nSPS) is 12.5. The van der Waals surface area contributed by atoms with Crippen molar-refractivity contribution < 1.29 is 18.3 Å². The monoisotopic (exact) mass is 266 g/mol. The fourth-order valence-corrected chi connectivity index (χ4v) is 1.99. The second-order valence-corrected chi connectivity index (χ2v) is 4.46. The summed E-state index contributed by atoms with van der Waals surface area (Å²) in [6.07, 6.45) is -1.18. The molecule has 100 valence electrons. The molecule has 19 heavy (non-hydrogen) atoms. The molecule has 0 aliphatic carbocycles. The number of aryl methyl sites for hydroxylation is 1. The first-order valence-electron chi connectivity index (χ1n) is 5.85. The lowest BCUT2D eigenvalue weighted by Crippen LogP contribution is -2.06. The van der Waals surface area contributed by atoms with Crippen LogP contribution in [0.4, 0.5) is 13.2 Å². The Morgan fingerprint density at radius 3 is 2.37 bits per heavy atom. The molecule has 2 aromatic carbocycles. The van der Waals surface area contributed by atoms with Gasteiger partial charge < -0.3 is 5.11 Å². The van der Waals surface area contributed by atoms with Crippen molar-refractivity contribution in [2.75, 3.05) is 0 Å². The van der Waals surface area contributed by atoms with Gasteiger partial charge in [0.15, 0.2) is 0 Å². The molecule has 0 aliphatic rings. The third-order valence-corrected chi connectivity index (χ3v) is 3.02. The van der Waals surface area contributed by atoms with E-state index in [1.807, 2.05) is 0 Å². The van der Waals surface area contributed by atoms with Gasteiger partial charge in [-0.05, 0) is 53.9 Å². The summed E-state index contributed by atoms with van der Waals surface area (Å²) >= 11 is 0. The lowest BCUT2D eigenvalue weighted by Gasteiger charge is -2.14. The van der Waals surface area contributed by atoms with Crippen molar-refractivity contribution in [1.82, 2.24) is 0 Å². The molecule has 1 nitrogen and oxygen atoms in total. The summed E-state index contributed by atoms with van der Waals surface area (Å²) in [4.78, 5) is 0. The number of halogens is 3. The van der Waals surface area contributed by atoms with Crippen LogP contribution in [-0.4, -0.2) is 5.11 Å². The average molecular weight is 266 g/mol. The van der Waals surface area contributed by atoms with Crippen LogP contribution in [0, 0.1) is 24.4 Å². The molecule has 0 bridgehead atoms. The van der Waals surface area contributed by atoms with E-state index >= 15 is 0 Å². The minimum Gasteiger partial charge on any atom is -0.388 e. The first-order chi connectivity index (χ1) is 8.97. The molecule has 0 fully saturated rings. The maximum Gasteiger partial charge on any atom is 0.126 e. The van der Waals surface area contributed by atoms with Crippen molar-refractivity contribution in [3.05, 3.63) is 70.5 Å². The molecule has 0 heterocycles. The van der Waals surface area contributed by atoms with E-state index in [4.69, 9.17) is 0 Å². The summed E-state index contributed by atoms with van der Waals surface area (Å²) in [5.41, 5.74) is 1.14. The Morgan fingerprint density at radius 1 is 1.00 bits per heavy atom. The van der Waals surface area contributed by atoms with E-state index in [0.29, 0.717) is 11.1 Å². The highest BCUT2D eigenvalue weighted by molar-refractivity contribution is 5.30. The molecule has 2 rings (SSSR count). The molecular formula is C15H13F3O. The number of hydrogen-bond acceptors (Lipinski definition) is 1. The van der Waals surface area contributed by atoms with E-state index in [1.165, 1.54) is 18.2 Å². The highest BCUT2D eigenvalue weighted by atomic mass is 19.1. The van der Waals surface area contributed by atoms with Gasteiger partial charge in [0.1, 0.15) is 17.5 Å². The summed E-state index contributed by atoms with van der Waals surface area (Å²) in [5, 5.41) is 10.0. The van der Waals surface area contributed by atoms with Gasteiger partial charge in [-0.2, -0.15) is 0 Å². The third-order valence-electron chi connectivity index (χ3n) is 3.02. The second-order valence-electron chi connectivity index (χ2n) is 4.46. The van der Waals surface area contributed by atoms with Gasteiger partial charge in [0.05, 0.1) is 6.10 Å². The number of hydrogen-bond donors (Lipinski definition) is 1. The molecule has 4 heteroatoms. The first kappa shape index (κ1) is 13.6. The van der Waals surface area contributed by atoms with Gasteiger partial charge in [-0.15, -0.1) is 0 Å². The molecule has 0 saturated heterocycles. The minimum absolute atomic E-state index is 0.0659. The summed E-state index contributed by atoms with van der Waals surface area (Å²) < 4.78 is 39.7. The molecule has 1 unspecified atom stereocenters. The van der Waals surface area contributed by atoms with E-state index in [1.54, 1.807) is 6.92 Å². The van der Waals surface area contributed by atoms with Crippen LogP contribution in [0.2, 0.25) is 0 Å². The van der Waals surface area contributed by atoms with Crippen LogP contribution < -0.4 is 0 Å². The topological polar surface area (TPSA) is 20.2 Å². The van der Waals surface area contributed by atoms with Crippen LogP contribution in [0.1, 0.15) is 22.8 Å². The molecule has 1 atom stereocenters. The maximum absolute atomic E-state index is 13.5. The number of rotatable bonds is 3. The van der Waals surface area contributed by atoms with Crippen LogP contribution in [0.15, 0.2) is 36.4 Å². The highest BCUT2D eigenvalue weighted by Gasteiger charge is 2.15. The quantitative estimate of drug-likeness (QED) is 0.898. The summed E-state index contributed by atoms with van der Waals surface area (Å²) in [6, 6.07) is 7.09. The Morgan fingerprint density at radius 2 is 1.63 bits per heavy atom. The van der Waals surface area contributed by atoms with Gasteiger partial charge in [0.25, 0.3) is 0 Å². The van der Waals surface area contributed by atoms with Crippen molar-refractivity contribution in [2.45, 2.75) is 19.4 Å². The Kier molecular flexibility index (Phi) is 3.90.